The molecule has 0 saturated heterocycles. The molecule has 1 aliphatic rings. The Morgan fingerprint density at radius 3 is 2.62 bits per heavy atom. The molecule has 0 aliphatic carbocycles. The summed E-state index contributed by atoms with van der Waals surface area (Å²) in [5.41, 5.74) is 3.90. The Morgan fingerprint density at radius 2 is 2.03 bits per heavy atom. The van der Waals surface area contributed by atoms with Gasteiger partial charge in [-0.1, -0.05) is 31.4 Å². The van der Waals surface area contributed by atoms with E-state index in [1.807, 2.05) is 6.92 Å². The summed E-state index contributed by atoms with van der Waals surface area (Å²) in [6.07, 6.45) is 7.77. The van der Waals surface area contributed by atoms with Gasteiger partial charge in [0, 0.05) is 29.4 Å². The van der Waals surface area contributed by atoms with Crippen LogP contribution in [0.25, 0.3) is 16.8 Å². The van der Waals surface area contributed by atoms with Crippen molar-refractivity contribution in [2.75, 3.05) is 6.54 Å². The largest absolute Gasteiger partial charge is 0.333 e. The number of amides is 1. The molecule has 0 aromatic carbocycles. The van der Waals surface area contributed by atoms with Crippen molar-refractivity contribution in [3.63, 3.8) is 0 Å². The molecule has 2 aromatic rings. The van der Waals surface area contributed by atoms with E-state index in [0.717, 1.165) is 11.1 Å². The average Bonchev–Trinajstić information content (AvgIpc) is 3.20. The predicted molar refractivity (Wildman–Crippen MR) is 107 cm³/mol. The fourth-order valence-corrected chi connectivity index (χ4v) is 3.16. The minimum Gasteiger partial charge on any atom is -0.333 e. The van der Waals surface area contributed by atoms with Crippen molar-refractivity contribution in [2.24, 2.45) is 0 Å². The Morgan fingerprint density at radius 1 is 1.28 bits per heavy atom. The minimum atomic E-state index is -2.74. The highest BCUT2D eigenvalue weighted by Gasteiger charge is 2.26. The van der Waals surface area contributed by atoms with E-state index in [1.165, 1.54) is 18.5 Å². The van der Waals surface area contributed by atoms with E-state index in [-0.39, 0.29) is 12.5 Å². The number of fused-ring (bicyclic) bond motifs is 1. The van der Waals surface area contributed by atoms with Crippen LogP contribution in [-0.2, 0) is 17.8 Å². The highest BCUT2D eigenvalue weighted by molar-refractivity contribution is 5.87. The Balaban J connectivity index is 2.17. The van der Waals surface area contributed by atoms with Crippen molar-refractivity contribution in [3.05, 3.63) is 73.0 Å². The first-order valence-corrected chi connectivity index (χ1v) is 8.97. The zero-order chi connectivity index (χ0) is 21.1. The lowest BCUT2D eigenvalue weighted by Crippen LogP contribution is -2.36. The molecule has 6 nitrogen and oxygen atoms in total. The van der Waals surface area contributed by atoms with E-state index in [0.29, 0.717) is 46.0 Å². The lowest BCUT2D eigenvalue weighted by atomic mass is 9.99. The number of carbonyl (C=O) groups is 1. The number of halogens is 2. The van der Waals surface area contributed by atoms with Crippen LogP contribution in [0.1, 0.15) is 30.6 Å². The summed E-state index contributed by atoms with van der Waals surface area (Å²) in [6.45, 7) is 11.0. The number of aromatic nitrogens is 4. The maximum absolute atomic E-state index is 13.0. The summed E-state index contributed by atoms with van der Waals surface area (Å²) in [4.78, 5) is 23.0. The number of alkyl halides is 2. The summed E-state index contributed by atoms with van der Waals surface area (Å²) < 4.78 is 26.6. The third-order valence-corrected chi connectivity index (χ3v) is 4.51. The summed E-state index contributed by atoms with van der Waals surface area (Å²) in [5, 5.41) is 3.72. The van der Waals surface area contributed by atoms with E-state index in [4.69, 9.17) is 0 Å². The molecule has 8 heteroatoms. The number of hydrogen-bond acceptors (Lipinski definition) is 4. The molecule has 29 heavy (non-hydrogen) atoms. The van der Waals surface area contributed by atoms with Gasteiger partial charge in [-0.15, -0.1) is 0 Å². The molecule has 0 bridgehead atoms. The van der Waals surface area contributed by atoms with E-state index in [9.17, 15) is 13.6 Å². The van der Waals surface area contributed by atoms with Gasteiger partial charge in [0.2, 0.25) is 5.91 Å². The minimum absolute atomic E-state index is 0.190. The van der Waals surface area contributed by atoms with Crippen LogP contribution in [-0.4, -0.2) is 37.1 Å². The Kier molecular flexibility index (Phi) is 5.81. The second-order valence-electron chi connectivity index (χ2n) is 6.67. The summed E-state index contributed by atoms with van der Waals surface area (Å²) >= 11 is 0. The Bertz CT molecular complexity index is 1020. The zero-order valence-electron chi connectivity index (χ0n) is 16.1. The molecule has 3 rings (SSSR count). The van der Waals surface area contributed by atoms with Crippen LogP contribution in [0.4, 0.5) is 8.78 Å². The van der Waals surface area contributed by atoms with Crippen LogP contribution < -0.4 is 0 Å². The lowest BCUT2D eigenvalue weighted by molar-refractivity contribution is -0.126. The number of carbonyl (C=O) groups excluding carboxylic acids is 1. The highest BCUT2D eigenvalue weighted by atomic mass is 19.3. The molecule has 0 N–H and O–H groups in total. The number of allylic oxidation sites excluding steroid dienone is 4. The third-order valence-electron chi connectivity index (χ3n) is 4.51. The van der Waals surface area contributed by atoms with Gasteiger partial charge in [0.05, 0.1) is 24.1 Å². The first-order chi connectivity index (χ1) is 13.8. The Labute approximate surface area is 167 Å². The van der Waals surface area contributed by atoms with Crippen molar-refractivity contribution in [1.29, 1.82) is 0 Å². The first-order valence-electron chi connectivity index (χ1n) is 8.97. The summed E-state index contributed by atoms with van der Waals surface area (Å²) in [5.74, 6) is 0.193. The SMILES string of the molecule is C=CC(=O)N1CCc2c(nc(/C(C=C)=C/C(=C)C)nc2-c2cnn(C(F)F)c2)C1. The topological polar surface area (TPSA) is 63.9 Å². The number of hydrogen-bond donors (Lipinski definition) is 0. The fourth-order valence-electron chi connectivity index (χ4n) is 3.16. The average molecular weight is 397 g/mol. The molecule has 150 valence electrons. The molecule has 3 heterocycles. The van der Waals surface area contributed by atoms with Crippen LogP contribution in [0.5, 0.6) is 0 Å². The normalized spacial score (nSPS) is 13.9. The molecule has 0 unspecified atom stereocenters. The van der Waals surface area contributed by atoms with Gasteiger partial charge in [-0.25, -0.2) is 14.6 Å². The molecule has 0 radical (unpaired) electrons. The van der Waals surface area contributed by atoms with Crippen LogP contribution in [0.2, 0.25) is 0 Å². The second-order valence-corrected chi connectivity index (χ2v) is 6.67. The van der Waals surface area contributed by atoms with Crippen molar-refractivity contribution >= 4 is 11.5 Å². The third kappa shape index (κ3) is 4.21. The molecule has 0 fully saturated rings. The van der Waals surface area contributed by atoms with Gasteiger partial charge in [-0.2, -0.15) is 13.9 Å². The van der Waals surface area contributed by atoms with Crippen molar-refractivity contribution in [3.8, 4) is 11.3 Å². The summed E-state index contributed by atoms with van der Waals surface area (Å²) in [7, 11) is 0. The molecule has 1 aliphatic heterocycles. The molecular weight excluding hydrogens is 376 g/mol. The van der Waals surface area contributed by atoms with E-state index in [2.05, 4.69) is 34.8 Å². The van der Waals surface area contributed by atoms with Crippen LogP contribution in [0.3, 0.4) is 0 Å². The molecule has 2 aromatic heterocycles. The monoisotopic (exact) mass is 397 g/mol. The standard InChI is InChI=1S/C21H21F2N5O/c1-5-14(9-13(3)4)20-25-17-12-27(18(29)6-2)8-7-16(17)19(26-20)15-10-24-28(11-15)21(22)23/h5-6,9-11,21H,1-3,7-8,12H2,4H3/b14-9+. The number of rotatable bonds is 6. The van der Waals surface area contributed by atoms with Gasteiger partial charge >= 0.3 is 6.55 Å². The quantitative estimate of drug-likeness (QED) is 0.547. The van der Waals surface area contributed by atoms with Gasteiger partial charge in [0.25, 0.3) is 0 Å². The van der Waals surface area contributed by atoms with Crippen LogP contribution >= 0.6 is 0 Å². The van der Waals surface area contributed by atoms with Gasteiger partial charge < -0.3 is 4.90 Å². The van der Waals surface area contributed by atoms with Crippen LogP contribution in [0, 0.1) is 0 Å². The maximum atomic E-state index is 13.0. The van der Waals surface area contributed by atoms with Gasteiger partial charge in [0.15, 0.2) is 5.82 Å². The number of nitrogens with zero attached hydrogens (tertiary/aromatic N) is 5. The summed E-state index contributed by atoms with van der Waals surface area (Å²) in [6, 6.07) is 0. The molecule has 0 saturated carbocycles. The molecule has 1 amide bonds. The van der Waals surface area contributed by atoms with Crippen molar-refractivity contribution in [1.82, 2.24) is 24.6 Å². The van der Waals surface area contributed by atoms with Crippen LogP contribution in [0.15, 0.2) is 55.9 Å². The van der Waals surface area contributed by atoms with Gasteiger partial charge in [-0.3, -0.25) is 4.79 Å². The molecular formula is C21H21F2N5O. The maximum Gasteiger partial charge on any atom is 0.333 e. The zero-order valence-corrected chi connectivity index (χ0v) is 16.1. The predicted octanol–water partition coefficient (Wildman–Crippen LogP) is 3.95. The van der Waals surface area contributed by atoms with Crippen molar-refractivity contribution < 1.29 is 13.6 Å². The fraction of sp³-hybridized carbons (Fsp3) is 0.238. The van der Waals surface area contributed by atoms with E-state index >= 15 is 0 Å². The van der Waals surface area contributed by atoms with Gasteiger partial charge in [0.1, 0.15) is 0 Å². The highest BCUT2D eigenvalue weighted by Crippen LogP contribution is 2.30. The molecule has 0 atom stereocenters. The lowest BCUT2D eigenvalue weighted by Gasteiger charge is -2.28. The smallest absolute Gasteiger partial charge is 0.333 e. The first kappa shape index (κ1) is 20.3. The second kappa shape index (κ2) is 8.30. The molecule has 0 spiro atoms. The van der Waals surface area contributed by atoms with Gasteiger partial charge in [-0.05, 0) is 25.5 Å². The van der Waals surface area contributed by atoms with E-state index < -0.39 is 6.55 Å². The van der Waals surface area contributed by atoms with Crippen molar-refractivity contribution in [2.45, 2.75) is 26.4 Å². The Hall–Kier alpha value is -3.42. The van der Waals surface area contributed by atoms with E-state index in [1.54, 1.807) is 17.1 Å².